The Morgan fingerprint density at radius 1 is 0.514 bits per heavy atom. The van der Waals surface area contributed by atoms with Crippen molar-refractivity contribution in [2.24, 2.45) is 0 Å². The van der Waals surface area contributed by atoms with Crippen molar-refractivity contribution in [3.05, 3.63) is 48.6 Å². The molecular weight excluding hydrogens is 919 g/mol. The van der Waals surface area contributed by atoms with Gasteiger partial charge in [-0.25, -0.2) is 0 Å². The number of carbonyl (C=O) groups is 1. The molecule has 14 nitrogen and oxygen atoms in total. The first kappa shape index (κ1) is 66.1. The highest BCUT2D eigenvalue weighted by atomic mass is 16.7. The molecule has 2 saturated heterocycles. The van der Waals surface area contributed by atoms with Crippen molar-refractivity contribution in [2.75, 3.05) is 19.8 Å². The van der Waals surface area contributed by atoms with Crippen LogP contribution in [-0.2, 0) is 23.7 Å². The monoisotopic (exact) mass is 1020 g/mol. The van der Waals surface area contributed by atoms with Crippen LogP contribution in [0.1, 0.15) is 219 Å². The minimum atomic E-state index is -1.78. The molecule has 0 bridgehead atoms. The molecule has 9 N–H and O–H groups in total. The number of aliphatic hydroxyl groups is 8. The molecule has 14 heteroatoms. The number of hydrogen-bond acceptors (Lipinski definition) is 13. The van der Waals surface area contributed by atoms with E-state index in [4.69, 9.17) is 18.9 Å². The van der Waals surface area contributed by atoms with Gasteiger partial charge in [-0.2, -0.15) is 0 Å². The van der Waals surface area contributed by atoms with E-state index in [1.165, 1.54) is 109 Å². The standard InChI is InChI=1S/C58H105NO13/c1-3-5-7-9-11-13-15-17-18-19-20-21-22-23-24-25-26-27-28-30-32-34-36-38-40-42-50(63)59-46(47(62)41-39-37-35-33-31-29-16-14-12-10-8-6-4-2)45-69-57-55(68)53(66)56(49(44-61)71-57)72-58-54(67)52(65)51(64)48(43-60)70-58/h5,7,11,13,17-18,20-21,46-49,51-58,60-62,64-68H,3-4,6,8-10,12,14-16,19,22-45H2,1-2H3,(H,59,63)/b7-5-,13-11-,18-17-,21-20-. The summed E-state index contributed by atoms with van der Waals surface area (Å²) in [6, 6.07) is -0.830. The summed E-state index contributed by atoms with van der Waals surface area (Å²) in [6.07, 6.45) is 36.8. The first-order valence-corrected chi connectivity index (χ1v) is 28.9. The number of hydrogen-bond donors (Lipinski definition) is 9. The summed E-state index contributed by atoms with van der Waals surface area (Å²) >= 11 is 0. The molecular formula is C58H105NO13. The minimum Gasteiger partial charge on any atom is -0.394 e. The second-order valence-electron chi connectivity index (χ2n) is 20.4. The van der Waals surface area contributed by atoms with Crippen LogP contribution in [0.3, 0.4) is 0 Å². The van der Waals surface area contributed by atoms with Gasteiger partial charge in [-0.15, -0.1) is 0 Å². The molecule has 0 aliphatic carbocycles. The molecule has 0 saturated carbocycles. The van der Waals surface area contributed by atoms with E-state index in [1.54, 1.807) is 0 Å². The molecule has 0 spiro atoms. The molecule has 420 valence electrons. The second kappa shape index (κ2) is 44.1. The fourth-order valence-electron chi connectivity index (χ4n) is 9.40. The molecule has 2 aliphatic rings. The lowest BCUT2D eigenvalue weighted by molar-refractivity contribution is -0.359. The van der Waals surface area contributed by atoms with E-state index in [0.717, 1.165) is 83.5 Å². The largest absolute Gasteiger partial charge is 0.394 e. The Labute approximate surface area is 435 Å². The summed E-state index contributed by atoms with van der Waals surface area (Å²) in [5.74, 6) is -0.210. The summed E-state index contributed by atoms with van der Waals surface area (Å²) in [5.41, 5.74) is 0. The maximum Gasteiger partial charge on any atom is 0.220 e. The van der Waals surface area contributed by atoms with Crippen molar-refractivity contribution in [3.63, 3.8) is 0 Å². The van der Waals surface area contributed by atoms with E-state index in [-0.39, 0.29) is 12.5 Å². The predicted octanol–water partition coefficient (Wildman–Crippen LogP) is 9.22. The van der Waals surface area contributed by atoms with Crippen molar-refractivity contribution in [3.8, 4) is 0 Å². The van der Waals surface area contributed by atoms with Crippen LogP contribution in [0.4, 0.5) is 0 Å². The van der Waals surface area contributed by atoms with Crippen LogP contribution in [0.2, 0.25) is 0 Å². The van der Waals surface area contributed by atoms with Gasteiger partial charge in [0, 0.05) is 6.42 Å². The van der Waals surface area contributed by atoms with E-state index >= 15 is 0 Å². The number of unbranched alkanes of at least 4 members (excludes halogenated alkanes) is 24. The van der Waals surface area contributed by atoms with Gasteiger partial charge in [0.05, 0.1) is 32.0 Å². The zero-order chi connectivity index (χ0) is 52.4. The summed E-state index contributed by atoms with van der Waals surface area (Å²) < 4.78 is 22.8. The van der Waals surface area contributed by atoms with Crippen LogP contribution in [0.15, 0.2) is 48.6 Å². The Kier molecular flexibility index (Phi) is 40.5. The molecule has 1 amide bonds. The fraction of sp³-hybridized carbons (Fsp3) is 0.845. The van der Waals surface area contributed by atoms with Crippen LogP contribution in [0.25, 0.3) is 0 Å². The van der Waals surface area contributed by atoms with E-state index < -0.39 is 86.8 Å². The maximum absolute atomic E-state index is 13.3. The number of nitrogens with one attached hydrogen (secondary N) is 1. The third-order valence-electron chi connectivity index (χ3n) is 14.1. The second-order valence-corrected chi connectivity index (χ2v) is 20.4. The van der Waals surface area contributed by atoms with Crippen molar-refractivity contribution in [1.29, 1.82) is 0 Å². The highest BCUT2D eigenvalue weighted by Gasteiger charge is 2.51. The van der Waals surface area contributed by atoms with Gasteiger partial charge >= 0.3 is 0 Å². The Morgan fingerprint density at radius 3 is 1.47 bits per heavy atom. The Balaban J connectivity index is 1.72. The third kappa shape index (κ3) is 29.9. The first-order chi connectivity index (χ1) is 35.1. The molecule has 2 aliphatic heterocycles. The number of amides is 1. The SMILES string of the molecule is CC/C=C\C/C=C\C/C=C\C/C=C\CCCCCCCCCCCCCCC(=O)NC(COC1OC(CO)C(OC2OC(CO)C(O)C(O)C2O)C(O)C1O)C(O)CCCCCCCCCCCCCCC. The number of aliphatic hydroxyl groups excluding tert-OH is 8. The fourth-order valence-corrected chi connectivity index (χ4v) is 9.40. The molecule has 2 rings (SSSR count). The highest BCUT2D eigenvalue weighted by molar-refractivity contribution is 5.76. The molecule has 0 radical (unpaired) electrons. The van der Waals surface area contributed by atoms with E-state index in [0.29, 0.717) is 12.8 Å². The Hall–Kier alpha value is -2.05. The lowest BCUT2D eigenvalue weighted by Crippen LogP contribution is -2.65. The Morgan fingerprint density at radius 2 is 0.958 bits per heavy atom. The van der Waals surface area contributed by atoms with Crippen molar-refractivity contribution in [2.45, 2.75) is 293 Å². The normalized spacial score (nSPS) is 25.9. The highest BCUT2D eigenvalue weighted by Crippen LogP contribution is 2.30. The van der Waals surface area contributed by atoms with Crippen LogP contribution >= 0.6 is 0 Å². The number of carbonyl (C=O) groups excluding carboxylic acids is 1. The molecule has 12 atom stereocenters. The summed E-state index contributed by atoms with van der Waals surface area (Å²) in [4.78, 5) is 13.3. The maximum atomic E-state index is 13.3. The average Bonchev–Trinajstić information content (AvgIpc) is 3.38. The van der Waals surface area contributed by atoms with Crippen LogP contribution in [0, 0.1) is 0 Å². The Bertz CT molecular complexity index is 1390. The zero-order valence-electron chi connectivity index (χ0n) is 44.9. The van der Waals surface area contributed by atoms with Crippen LogP contribution < -0.4 is 5.32 Å². The third-order valence-corrected chi connectivity index (χ3v) is 14.1. The summed E-state index contributed by atoms with van der Waals surface area (Å²) in [7, 11) is 0. The quantitative estimate of drug-likeness (QED) is 0.0205. The van der Waals surface area contributed by atoms with Gasteiger partial charge in [-0.3, -0.25) is 4.79 Å². The van der Waals surface area contributed by atoms with E-state index in [1.807, 2.05) is 0 Å². The lowest BCUT2D eigenvalue weighted by Gasteiger charge is -2.46. The number of rotatable bonds is 45. The zero-order valence-corrected chi connectivity index (χ0v) is 44.9. The van der Waals surface area contributed by atoms with Gasteiger partial charge in [0.1, 0.15) is 48.8 Å². The van der Waals surface area contributed by atoms with Crippen molar-refractivity contribution in [1.82, 2.24) is 5.32 Å². The lowest BCUT2D eigenvalue weighted by atomic mass is 9.97. The minimum absolute atomic E-state index is 0.210. The molecule has 0 aromatic rings. The van der Waals surface area contributed by atoms with Gasteiger partial charge in [0.25, 0.3) is 0 Å². The smallest absolute Gasteiger partial charge is 0.220 e. The van der Waals surface area contributed by atoms with Crippen LogP contribution in [0.5, 0.6) is 0 Å². The molecule has 72 heavy (non-hydrogen) atoms. The van der Waals surface area contributed by atoms with Gasteiger partial charge in [0.2, 0.25) is 5.91 Å². The van der Waals surface area contributed by atoms with Crippen LogP contribution in [-0.4, -0.2) is 140 Å². The van der Waals surface area contributed by atoms with E-state index in [9.17, 15) is 45.6 Å². The van der Waals surface area contributed by atoms with Gasteiger partial charge < -0.3 is 65.1 Å². The average molecular weight is 1020 g/mol. The van der Waals surface area contributed by atoms with Gasteiger partial charge in [-0.05, 0) is 51.4 Å². The summed E-state index contributed by atoms with van der Waals surface area (Å²) in [6.45, 7) is 2.74. The molecule has 0 aromatic carbocycles. The molecule has 2 fully saturated rings. The summed E-state index contributed by atoms with van der Waals surface area (Å²) in [5, 5.41) is 87.1. The molecule has 2 heterocycles. The van der Waals surface area contributed by atoms with Gasteiger partial charge in [-0.1, -0.05) is 210 Å². The molecule has 0 aromatic heterocycles. The molecule has 12 unspecified atom stereocenters. The van der Waals surface area contributed by atoms with Crippen molar-refractivity contribution < 1.29 is 64.6 Å². The topological polar surface area (TPSA) is 228 Å². The van der Waals surface area contributed by atoms with E-state index in [2.05, 4.69) is 67.8 Å². The van der Waals surface area contributed by atoms with Gasteiger partial charge in [0.15, 0.2) is 12.6 Å². The predicted molar refractivity (Wildman–Crippen MR) is 286 cm³/mol. The number of allylic oxidation sites excluding steroid dienone is 8. The number of ether oxygens (including phenoxy) is 4. The first-order valence-electron chi connectivity index (χ1n) is 28.9. The van der Waals surface area contributed by atoms with Crippen molar-refractivity contribution >= 4 is 5.91 Å².